The molecule has 0 spiro atoms. The Labute approximate surface area is 165 Å². The molecule has 0 unspecified atom stereocenters. The molecule has 27 heavy (non-hydrogen) atoms. The van der Waals surface area contributed by atoms with E-state index in [1.807, 2.05) is 38.1 Å². The summed E-state index contributed by atoms with van der Waals surface area (Å²) in [6, 6.07) is 14.9. The molecule has 5 nitrogen and oxygen atoms in total. The summed E-state index contributed by atoms with van der Waals surface area (Å²) in [6.45, 7) is 5.47. The predicted molar refractivity (Wildman–Crippen MR) is 108 cm³/mol. The predicted octanol–water partition coefficient (Wildman–Crippen LogP) is 2.93. The van der Waals surface area contributed by atoms with Gasteiger partial charge in [0.15, 0.2) is 0 Å². The minimum absolute atomic E-state index is 0.0515. The van der Waals surface area contributed by atoms with Crippen LogP contribution in [-0.2, 0) is 14.8 Å². The van der Waals surface area contributed by atoms with Gasteiger partial charge in [-0.3, -0.25) is 4.79 Å². The van der Waals surface area contributed by atoms with Crippen LogP contribution in [0.5, 0.6) is 0 Å². The third-order valence-corrected chi connectivity index (χ3v) is 7.77. The molecule has 1 fully saturated rings. The molecule has 1 heterocycles. The molecule has 0 atom stereocenters. The van der Waals surface area contributed by atoms with Crippen molar-refractivity contribution in [2.45, 2.75) is 23.6 Å². The molecule has 1 amide bonds. The number of thioether (sulfide) groups is 1. The molecular weight excluding hydrogens is 380 g/mol. The molecule has 7 heteroatoms. The van der Waals surface area contributed by atoms with Gasteiger partial charge in [-0.25, -0.2) is 8.42 Å². The summed E-state index contributed by atoms with van der Waals surface area (Å²) >= 11 is 1.53. The van der Waals surface area contributed by atoms with Crippen molar-refractivity contribution in [2.24, 2.45) is 0 Å². The number of hydrogen-bond donors (Lipinski definition) is 0. The standard InChI is InChI=1S/C20H24N2O3S2/c1-16-7-9-18(10-8-16)27(24,25)22-13-11-21(12-14-22)20(23)15-26-19-6-4-3-5-17(19)2/h3-10H,11-15H2,1-2H3. The van der Waals surface area contributed by atoms with Gasteiger partial charge < -0.3 is 4.90 Å². The average Bonchev–Trinajstić information content (AvgIpc) is 2.67. The van der Waals surface area contributed by atoms with Gasteiger partial charge in [0.1, 0.15) is 0 Å². The fourth-order valence-electron chi connectivity index (χ4n) is 2.99. The van der Waals surface area contributed by atoms with Gasteiger partial charge in [0, 0.05) is 31.1 Å². The van der Waals surface area contributed by atoms with E-state index in [2.05, 4.69) is 0 Å². The lowest BCUT2D eigenvalue weighted by molar-refractivity contribution is -0.129. The van der Waals surface area contributed by atoms with E-state index in [0.29, 0.717) is 36.8 Å². The van der Waals surface area contributed by atoms with E-state index < -0.39 is 10.0 Å². The van der Waals surface area contributed by atoms with Crippen LogP contribution in [0.1, 0.15) is 11.1 Å². The van der Waals surface area contributed by atoms with Gasteiger partial charge in [-0.1, -0.05) is 35.9 Å². The fourth-order valence-corrected chi connectivity index (χ4v) is 5.34. The summed E-state index contributed by atoms with van der Waals surface area (Å²) in [4.78, 5) is 15.7. The number of carbonyl (C=O) groups excluding carboxylic acids is 1. The number of nitrogens with zero attached hydrogens (tertiary/aromatic N) is 2. The highest BCUT2D eigenvalue weighted by Crippen LogP contribution is 2.23. The van der Waals surface area contributed by atoms with Crippen molar-refractivity contribution >= 4 is 27.7 Å². The Kier molecular flexibility index (Phi) is 6.24. The van der Waals surface area contributed by atoms with Crippen LogP contribution in [0.15, 0.2) is 58.3 Å². The second kappa shape index (κ2) is 8.46. The average molecular weight is 405 g/mol. The summed E-state index contributed by atoms with van der Waals surface area (Å²) in [6.07, 6.45) is 0. The van der Waals surface area contributed by atoms with Gasteiger partial charge in [-0.2, -0.15) is 4.31 Å². The van der Waals surface area contributed by atoms with Gasteiger partial charge in [0.25, 0.3) is 0 Å². The molecule has 0 bridgehead atoms. The summed E-state index contributed by atoms with van der Waals surface area (Å²) in [5.41, 5.74) is 2.18. The van der Waals surface area contributed by atoms with Crippen LogP contribution >= 0.6 is 11.8 Å². The maximum Gasteiger partial charge on any atom is 0.243 e. The number of amides is 1. The molecule has 2 aromatic carbocycles. The fraction of sp³-hybridized carbons (Fsp3) is 0.350. The van der Waals surface area contributed by atoms with Crippen molar-refractivity contribution in [3.05, 3.63) is 59.7 Å². The molecule has 3 rings (SSSR count). The van der Waals surface area contributed by atoms with Crippen molar-refractivity contribution in [2.75, 3.05) is 31.9 Å². The molecule has 0 aromatic heterocycles. The van der Waals surface area contributed by atoms with Gasteiger partial charge in [0.2, 0.25) is 15.9 Å². The highest BCUT2D eigenvalue weighted by molar-refractivity contribution is 8.00. The highest BCUT2D eigenvalue weighted by atomic mass is 32.2. The van der Waals surface area contributed by atoms with Gasteiger partial charge in [0.05, 0.1) is 10.6 Å². The van der Waals surface area contributed by atoms with Crippen molar-refractivity contribution in [3.8, 4) is 0 Å². The molecule has 1 aliphatic heterocycles. The zero-order valence-corrected chi connectivity index (χ0v) is 17.2. The third-order valence-electron chi connectivity index (χ3n) is 4.69. The van der Waals surface area contributed by atoms with E-state index in [4.69, 9.17) is 0 Å². The van der Waals surface area contributed by atoms with Gasteiger partial charge in [-0.05, 0) is 37.6 Å². The molecule has 0 radical (unpaired) electrons. The molecule has 0 N–H and O–H groups in total. The first-order valence-electron chi connectivity index (χ1n) is 8.91. The molecule has 2 aromatic rings. The summed E-state index contributed by atoms with van der Waals surface area (Å²) in [5.74, 6) is 0.422. The molecule has 1 aliphatic rings. The van der Waals surface area contributed by atoms with Crippen LogP contribution in [0.2, 0.25) is 0 Å². The van der Waals surface area contributed by atoms with Crippen molar-refractivity contribution in [1.29, 1.82) is 0 Å². The van der Waals surface area contributed by atoms with Crippen LogP contribution in [0.3, 0.4) is 0 Å². The lowest BCUT2D eigenvalue weighted by Gasteiger charge is -2.34. The number of sulfonamides is 1. The topological polar surface area (TPSA) is 57.7 Å². The SMILES string of the molecule is Cc1ccc(S(=O)(=O)N2CCN(C(=O)CSc3ccccc3C)CC2)cc1. The second-order valence-corrected chi connectivity index (χ2v) is 9.61. The van der Waals surface area contributed by atoms with E-state index in [-0.39, 0.29) is 5.91 Å². The van der Waals surface area contributed by atoms with Crippen LogP contribution in [0.25, 0.3) is 0 Å². The Morgan fingerprint density at radius 3 is 2.22 bits per heavy atom. The third kappa shape index (κ3) is 4.72. The van der Waals surface area contributed by atoms with E-state index in [0.717, 1.165) is 16.0 Å². The van der Waals surface area contributed by atoms with Crippen molar-refractivity contribution < 1.29 is 13.2 Å². The quantitative estimate of drug-likeness (QED) is 0.719. The monoisotopic (exact) mass is 404 g/mol. The number of hydrogen-bond acceptors (Lipinski definition) is 4. The van der Waals surface area contributed by atoms with Crippen molar-refractivity contribution in [1.82, 2.24) is 9.21 Å². The second-order valence-electron chi connectivity index (χ2n) is 6.65. The van der Waals surface area contributed by atoms with Crippen LogP contribution in [-0.4, -0.2) is 55.5 Å². The largest absolute Gasteiger partial charge is 0.339 e. The normalized spacial score (nSPS) is 15.7. The molecule has 1 saturated heterocycles. The lowest BCUT2D eigenvalue weighted by Crippen LogP contribution is -2.50. The molecule has 0 aliphatic carbocycles. The first kappa shape index (κ1) is 19.9. The zero-order valence-electron chi connectivity index (χ0n) is 15.6. The summed E-state index contributed by atoms with van der Waals surface area (Å²) in [7, 11) is -3.50. The first-order chi connectivity index (χ1) is 12.9. The number of benzene rings is 2. The minimum Gasteiger partial charge on any atom is -0.339 e. The van der Waals surface area contributed by atoms with E-state index >= 15 is 0 Å². The highest BCUT2D eigenvalue weighted by Gasteiger charge is 2.29. The number of piperazine rings is 1. The Hall–Kier alpha value is -1.83. The Bertz CT molecular complexity index is 903. The van der Waals surface area contributed by atoms with E-state index in [9.17, 15) is 13.2 Å². The zero-order chi connectivity index (χ0) is 19.4. The number of aryl methyl sites for hydroxylation is 2. The van der Waals surface area contributed by atoms with Crippen molar-refractivity contribution in [3.63, 3.8) is 0 Å². The van der Waals surface area contributed by atoms with Gasteiger partial charge in [-0.15, -0.1) is 11.8 Å². The van der Waals surface area contributed by atoms with Gasteiger partial charge >= 0.3 is 0 Å². The van der Waals surface area contributed by atoms with E-state index in [1.165, 1.54) is 16.1 Å². The Morgan fingerprint density at radius 1 is 0.963 bits per heavy atom. The van der Waals surface area contributed by atoms with E-state index in [1.54, 1.807) is 29.2 Å². The summed E-state index contributed by atoms with van der Waals surface area (Å²) < 4.78 is 27.0. The van der Waals surface area contributed by atoms with Crippen LogP contribution in [0.4, 0.5) is 0 Å². The van der Waals surface area contributed by atoms with Crippen LogP contribution in [0, 0.1) is 13.8 Å². The molecular formula is C20H24N2O3S2. The Balaban J connectivity index is 1.56. The molecule has 144 valence electrons. The maximum absolute atomic E-state index is 12.7. The minimum atomic E-state index is -3.50. The maximum atomic E-state index is 12.7. The number of rotatable bonds is 5. The van der Waals surface area contributed by atoms with Crippen LogP contribution < -0.4 is 0 Å². The first-order valence-corrected chi connectivity index (χ1v) is 11.3. The lowest BCUT2D eigenvalue weighted by atomic mass is 10.2. The molecule has 0 saturated carbocycles. The Morgan fingerprint density at radius 2 is 1.59 bits per heavy atom. The number of carbonyl (C=O) groups is 1. The smallest absolute Gasteiger partial charge is 0.243 e. The summed E-state index contributed by atoms with van der Waals surface area (Å²) in [5, 5.41) is 0.